The molecular weight excluding hydrogens is 297 g/mol. The van der Waals surface area contributed by atoms with Crippen LogP contribution in [0.15, 0.2) is 30.3 Å². The molecule has 108 valence electrons. The number of hydrogen-bond donors (Lipinski definition) is 1. The molecule has 0 amide bonds. The van der Waals surface area contributed by atoms with E-state index >= 15 is 0 Å². The number of ether oxygens (including phenoxy) is 1. The molecule has 0 saturated carbocycles. The molecule has 1 aromatic heterocycles. The fourth-order valence-corrected chi connectivity index (χ4v) is 2.61. The standard InChI is InChI=1S/C15H11ClFNO3/c16-13-7-10(8-3-1-2-4-11(8)17)9-5-6-12(15(19)20)21-14(9)18-13/h1-4,7,12H,5-6H2,(H,19,20). The zero-order chi connectivity index (χ0) is 15.0. The van der Waals surface area contributed by atoms with Gasteiger partial charge >= 0.3 is 5.97 Å². The first-order chi connectivity index (χ1) is 10.1. The average Bonchev–Trinajstić information content (AvgIpc) is 2.46. The van der Waals surface area contributed by atoms with Crippen LogP contribution >= 0.6 is 11.6 Å². The zero-order valence-electron chi connectivity index (χ0n) is 10.8. The monoisotopic (exact) mass is 307 g/mol. The van der Waals surface area contributed by atoms with Crippen LogP contribution in [0.1, 0.15) is 12.0 Å². The summed E-state index contributed by atoms with van der Waals surface area (Å²) in [7, 11) is 0. The van der Waals surface area contributed by atoms with Gasteiger partial charge in [0.25, 0.3) is 0 Å². The van der Waals surface area contributed by atoms with Crippen molar-refractivity contribution in [2.24, 2.45) is 0 Å². The van der Waals surface area contributed by atoms with E-state index in [0.717, 1.165) is 0 Å². The minimum atomic E-state index is -1.05. The minimum Gasteiger partial charge on any atom is -0.479 e. The van der Waals surface area contributed by atoms with Gasteiger partial charge in [0.2, 0.25) is 5.88 Å². The molecule has 3 rings (SSSR count). The lowest BCUT2D eigenvalue weighted by Gasteiger charge is -2.24. The number of nitrogens with zero attached hydrogens (tertiary/aromatic N) is 1. The van der Waals surface area contributed by atoms with Crippen molar-refractivity contribution in [3.63, 3.8) is 0 Å². The Labute approximate surface area is 125 Å². The van der Waals surface area contributed by atoms with Gasteiger partial charge in [0.15, 0.2) is 6.10 Å². The molecule has 21 heavy (non-hydrogen) atoms. The van der Waals surface area contributed by atoms with Crippen molar-refractivity contribution in [2.45, 2.75) is 18.9 Å². The van der Waals surface area contributed by atoms with Crippen molar-refractivity contribution < 1.29 is 19.0 Å². The number of rotatable bonds is 2. The SMILES string of the molecule is O=C(O)C1CCc2c(-c3ccccc3F)cc(Cl)nc2O1. The van der Waals surface area contributed by atoms with Crippen LogP contribution in [0.3, 0.4) is 0 Å². The first-order valence-electron chi connectivity index (χ1n) is 6.40. The lowest BCUT2D eigenvalue weighted by molar-refractivity contribution is -0.145. The Balaban J connectivity index is 2.12. The van der Waals surface area contributed by atoms with Gasteiger partial charge in [-0.2, -0.15) is 0 Å². The summed E-state index contributed by atoms with van der Waals surface area (Å²) in [4.78, 5) is 15.0. The first kappa shape index (κ1) is 13.8. The summed E-state index contributed by atoms with van der Waals surface area (Å²) in [5.41, 5.74) is 1.67. The van der Waals surface area contributed by atoms with Gasteiger partial charge in [0.1, 0.15) is 11.0 Å². The van der Waals surface area contributed by atoms with Gasteiger partial charge in [0, 0.05) is 11.1 Å². The number of benzene rings is 1. The zero-order valence-corrected chi connectivity index (χ0v) is 11.6. The van der Waals surface area contributed by atoms with Crippen molar-refractivity contribution in [2.75, 3.05) is 0 Å². The molecular formula is C15H11ClFNO3. The number of aromatic nitrogens is 1. The number of carbonyl (C=O) groups is 1. The smallest absolute Gasteiger partial charge is 0.344 e. The maximum absolute atomic E-state index is 14.0. The van der Waals surface area contributed by atoms with Crippen LogP contribution in [0.25, 0.3) is 11.1 Å². The summed E-state index contributed by atoms with van der Waals surface area (Å²) >= 11 is 5.95. The molecule has 6 heteroatoms. The molecule has 0 radical (unpaired) electrons. The highest BCUT2D eigenvalue weighted by atomic mass is 35.5. The Morgan fingerprint density at radius 2 is 2.14 bits per heavy atom. The maximum atomic E-state index is 14.0. The summed E-state index contributed by atoms with van der Waals surface area (Å²) < 4.78 is 19.3. The summed E-state index contributed by atoms with van der Waals surface area (Å²) in [5, 5.41) is 9.15. The predicted octanol–water partition coefficient (Wildman–Crippen LogP) is 3.32. The maximum Gasteiger partial charge on any atom is 0.344 e. The topological polar surface area (TPSA) is 59.4 Å². The lowest BCUT2D eigenvalue weighted by atomic mass is 9.95. The van der Waals surface area contributed by atoms with Gasteiger partial charge in [-0.25, -0.2) is 14.2 Å². The van der Waals surface area contributed by atoms with E-state index in [9.17, 15) is 9.18 Å². The molecule has 0 aliphatic carbocycles. The molecule has 0 saturated heterocycles. The number of hydrogen-bond acceptors (Lipinski definition) is 3. The highest BCUT2D eigenvalue weighted by Crippen LogP contribution is 2.37. The second-order valence-electron chi connectivity index (χ2n) is 4.74. The molecule has 1 atom stereocenters. The van der Waals surface area contributed by atoms with Crippen LogP contribution in [-0.2, 0) is 11.2 Å². The van der Waals surface area contributed by atoms with Crippen molar-refractivity contribution in [3.8, 4) is 17.0 Å². The minimum absolute atomic E-state index is 0.137. The lowest BCUT2D eigenvalue weighted by Crippen LogP contribution is -2.31. The third-order valence-corrected chi connectivity index (χ3v) is 3.60. The van der Waals surface area contributed by atoms with Gasteiger partial charge in [-0.15, -0.1) is 0 Å². The largest absolute Gasteiger partial charge is 0.479 e. The summed E-state index contributed by atoms with van der Waals surface area (Å²) in [5.74, 6) is -1.25. The number of pyridine rings is 1. The van der Waals surface area contributed by atoms with Crippen LogP contribution in [0, 0.1) is 5.82 Å². The molecule has 1 aliphatic rings. The van der Waals surface area contributed by atoms with Gasteiger partial charge in [-0.3, -0.25) is 0 Å². The molecule has 0 spiro atoms. The van der Waals surface area contributed by atoms with Crippen LogP contribution < -0.4 is 4.74 Å². The predicted molar refractivity (Wildman–Crippen MR) is 75.0 cm³/mol. The molecule has 0 bridgehead atoms. The second kappa shape index (κ2) is 5.33. The van der Waals surface area contributed by atoms with Crippen LogP contribution in [0.4, 0.5) is 4.39 Å². The van der Waals surface area contributed by atoms with Crippen LogP contribution in [0.5, 0.6) is 5.88 Å². The first-order valence-corrected chi connectivity index (χ1v) is 6.78. The van der Waals surface area contributed by atoms with Gasteiger partial charge in [-0.1, -0.05) is 29.8 Å². The van der Waals surface area contributed by atoms with Crippen molar-refractivity contribution in [3.05, 3.63) is 46.9 Å². The quantitative estimate of drug-likeness (QED) is 0.865. The number of aliphatic carboxylic acids is 1. The Morgan fingerprint density at radius 1 is 1.38 bits per heavy atom. The summed E-state index contributed by atoms with van der Waals surface area (Å²) in [6.45, 7) is 0. The van der Waals surface area contributed by atoms with Crippen LogP contribution in [-0.4, -0.2) is 22.2 Å². The van der Waals surface area contributed by atoms with Gasteiger partial charge < -0.3 is 9.84 Å². The molecule has 0 fully saturated rings. The van der Waals surface area contributed by atoms with Gasteiger partial charge in [-0.05, 0) is 30.5 Å². The number of carboxylic acids is 1. The Hall–Kier alpha value is -2.14. The highest BCUT2D eigenvalue weighted by Gasteiger charge is 2.29. The fraction of sp³-hybridized carbons (Fsp3) is 0.200. The van der Waals surface area contributed by atoms with Crippen molar-refractivity contribution in [1.82, 2.24) is 4.98 Å². The molecule has 2 heterocycles. The van der Waals surface area contributed by atoms with Gasteiger partial charge in [0.05, 0.1) is 0 Å². The molecule has 1 unspecified atom stereocenters. The number of carboxylic acid groups (broad SMARTS) is 1. The number of fused-ring (bicyclic) bond motifs is 1. The van der Waals surface area contributed by atoms with E-state index in [4.69, 9.17) is 21.4 Å². The van der Waals surface area contributed by atoms with Crippen molar-refractivity contribution in [1.29, 1.82) is 0 Å². The fourth-order valence-electron chi connectivity index (χ4n) is 2.42. The molecule has 1 aliphatic heterocycles. The summed E-state index contributed by atoms with van der Waals surface area (Å²) in [6.07, 6.45) is -0.190. The van der Waals surface area contributed by atoms with E-state index in [1.54, 1.807) is 24.3 Å². The van der Waals surface area contributed by atoms with E-state index in [1.165, 1.54) is 6.07 Å². The Morgan fingerprint density at radius 3 is 2.86 bits per heavy atom. The van der Waals surface area contributed by atoms with E-state index in [2.05, 4.69) is 4.98 Å². The molecule has 1 aromatic carbocycles. The number of halogens is 2. The van der Waals surface area contributed by atoms with E-state index < -0.39 is 12.1 Å². The third kappa shape index (κ3) is 2.56. The van der Waals surface area contributed by atoms with E-state index in [1.807, 2.05) is 0 Å². The molecule has 1 N–H and O–H groups in total. The van der Waals surface area contributed by atoms with Crippen molar-refractivity contribution >= 4 is 17.6 Å². The Bertz CT molecular complexity index is 720. The Kier molecular flexibility index (Phi) is 3.51. The third-order valence-electron chi connectivity index (χ3n) is 3.40. The second-order valence-corrected chi connectivity index (χ2v) is 5.13. The normalized spacial score (nSPS) is 17.0. The molecule has 4 nitrogen and oxygen atoms in total. The highest BCUT2D eigenvalue weighted by molar-refractivity contribution is 6.29. The molecule has 2 aromatic rings. The van der Waals surface area contributed by atoms with E-state index in [0.29, 0.717) is 29.5 Å². The summed E-state index contributed by atoms with van der Waals surface area (Å²) in [6, 6.07) is 7.90. The average molecular weight is 308 g/mol. The van der Waals surface area contributed by atoms with E-state index in [-0.39, 0.29) is 16.9 Å². The van der Waals surface area contributed by atoms with Crippen LogP contribution in [0.2, 0.25) is 5.15 Å².